The lowest BCUT2D eigenvalue weighted by Crippen LogP contribution is -2.26. The van der Waals surface area contributed by atoms with Crippen LogP contribution in [0.5, 0.6) is 0 Å². The molecule has 0 aliphatic heterocycles. The van der Waals surface area contributed by atoms with Gasteiger partial charge >= 0.3 is 5.97 Å². The standard InChI is InChI=1S/C26H17N3O6/c1-29-25(33)19-9-5-2-6-15(19)22(28-29)26(34)35-13-21(30)27-14-10-11-18-20(12-14)24(32)17-8-4-3-7-16(17)23(18)31/h2-12H,13H2,1H3,(H,27,30). The number of carbonyl (C=O) groups is 4. The Kier molecular flexibility index (Phi) is 5.29. The van der Waals surface area contributed by atoms with Gasteiger partial charge in [0, 0.05) is 40.4 Å². The summed E-state index contributed by atoms with van der Waals surface area (Å²) >= 11 is 0. The molecule has 1 aromatic heterocycles. The van der Waals surface area contributed by atoms with E-state index in [-0.39, 0.29) is 39.6 Å². The zero-order valence-corrected chi connectivity index (χ0v) is 18.4. The van der Waals surface area contributed by atoms with Gasteiger partial charge in [0.1, 0.15) is 0 Å². The second-order valence-corrected chi connectivity index (χ2v) is 7.91. The minimum absolute atomic E-state index is 0.0907. The van der Waals surface area contributed by atoms with Crippen LogP contribution in [0.25, 0.3) is 10.8 Å². The number of fused-ring (bicyclic) bond motifs is 3. The minimum atomic E-state index is -0.866. The molecule has 3 aromatic carbocycles. The summed E-state index contributed by atoms with van der Waals surface area (Å²) in [6.45, 7) is -0.621. The van der Waals surface area contributed by atoms with Crippen LogP contribution in [-0.4, -0.2) is 39.8 Å². The molecule has 1 aliphatic rings. The molecule has 0 unspecified atom stereocenters. The predicted molar refractivity (Wildman–Crippen MR) is 126 cm³/mol. The Morgan fingerprint density at radius 1 is 0.829 bits per heavy atom. The molecule has 1 heterocycles. The van der Waals surface area contributed by atoms with Crippen LogP contribution in [0.2, 0.25) is 0 Å². The molecular formula is C26H17N3O6. The van der Waals surface area contributed by atoms with Gasteiger partial charge in [-0.1, -0.05) is 42.5 Å². The second kappa shape index (κ2) is 8.45. The Hall–Kier alpha value is -4.92. The van der Waals surface area contributed by atoms with Crippen molar-refractivity contribution >= 4 is 39.9 Å². The first-order valence-corrected chi connectivity index (χ1v) is 10.6. The molecule has 0 fully saturated rings. The van der Waals surface area contributed by atoms with E-state index in [2.05, 4.69) is 10.4 Å². The molecular weight excluding hydrogens is 450 g/mol. The van der Waals surface area contributed by atoms with Gasteiger partial charge in [-0.3, -0.25) is 19.2 Å². The van der Waals surface area contributed by atoms with Crippen LogP contribution in [0.15, 0.2) is 71.5 Å². The van der Waals surface area contributed by atoms with E-state index in [9.17, 15) is 24.0 Å². The first kappa shape index (κ1) is 21.9. The van der Waals surface area contributed by atoms with Gasteiger partial charge in [-0.2, -0.15) is 5.10 Å². The average Bonchev–Trinajstić information content (AvgIpc) is 2.88. The molecule has 1 aliphatic carbocycles. The van der Waals surface area contributed by atoms with Crippen molar-refractivity contribution in [2.75, 3.05) is 11.9 Å². The first-order valence-electron chi connectivity index (χ1n) is 10.6. The summed E-state index contributed by atoms with van der Waals surface area (Å²) in [5.41, 5.74) is 0.906. The van der Waals surface area contributed by atoms with E-state index in [1.807, 2.05) is 0 Å². The van der Waals surface area contributed by atoms with Crippen LogP contribution >= 0.6 is 0 Å². The highest BCUT2D eigenvalue weighted by molar-refractivity contribution is 6.28. The average molecular weight is 467 g/mol. The molecule has 9 nitrogen and oxygen atoms in total. The molecule has 9 heteroatoms. The smallest absolute Gasteiger partial charge is 0.359 e. The summed E-state index contributed by atoms with van der Waals surface area (Å²) in [4.78, 5) is 62.8. The van der Waals surface area contributed by atoms with Crippen molar-refractivity contribution in [1.29, 1.82) is 0 Å². The van der Waals surface area contributed by atoms with Gasteiger partial charge in [-0.15, -0.1) is 0 Å². The number of esters is 1. The Bertz CT molecular complexity index is 1640. The molecule has 0 bridgehead atoms. The highest BCUT2D eigenvalue weighted by Crippen LogP contribution is 2.29. The van der Waals surface area contributed by atoms with Crippen LogP contribution < -0.4 is 10.9 Å². The number of ether oxygens (including phenoxy) is 1. The fraction of sp³-hybridized carbons (Fsp3) is 0.0769. The number of nitrogens with zero attached hydrogens (tertiary/aromatic N) is 2. The highest BCUT2D eigenvalue weighted by Gasteiger charge is 2.29. The lowest BCUT2D eigenvalue weighted by molar-refractivity contribution is -0.119. The van der Waals surface area contributed by atoms with Crippen molar-refractivity contribution in [2.24, 2.45) is 7.05 Å². The number of rotatable bonds is 4. The van der Waals surface area contributed by atoms with Gasteiger partial charge in [-0.05, 0) is 24.3 Å². The summed E-state index contributed by atoms with van der Waals surface area (Å²) in [5, 5.41) is 7.15. The SMILES string of the molecule is Cn1nc(C(=O)OCC(=O)Nc2ccc3c(c2)C(=O)c2ccccc2C3=O)c2ccccc2c1=O. The lowest BCUT2D eigenvalue weighted by atomic mass is 9.84. The van der Waals surface area contributed by atoms with E-state index >= 15 is 0 Å². The number of amides is 1. The molecule has 0 radical (unpaired) electrons. The molecule has 1 amide bonds. The maximum atomic E-state index is 12.9. The normalized spacial score (nSPS) is 12.1. The third-order valence-electron chi connectivity index (χ3n) is 5.69. The van der Waals surface area contributed by atoms with Crippen molar-refractivity contribution in [3.8, 4) is 0 Å². The largest absolute Gasteiger partial charge is 0.451 e. The van der Waals surface area contributed by atoms with Crippen molar-refractivity contribution in [1.82, 2.24) is 9.78 Å². The van der Waals surface area contributed by atoms with Gasteiger partial charge < -0.3 is 10.1 Å². The molecule has 5 rings (SSSR count). The van der Waals surface area contributed by atoms with Crippen LogP contribution in [0.1, 0.15) is 42.3 Å². The van der Waals surface area contributed by atoms with Crippen LogP contribution in [-0.2, 0) is 16.6 Å². The molecule has 35 heavy (non-hydrogen) atoms. The van der Waals surface area contributed by atoms with Crippen LogP contribution in [0.4, 0.5) is 5.69 Å². The van der Waals surface area contributed by atoms with Gasteiger partial charge in [0.25, 0.3) is 11.5 Å². The zero-order valence-electron chi connectivity index (χ0n) is 18.4. The Balaban J connectivity index is 1.32. The summed E-state index contributed by atoms with van der Waals surface area (Å²) in [6.07, 6.45) is 0. The van der Waals surface area contributed by atoms with Gasteiger partial charge in [0.15, 0.2) is 23.9 Å². The predicted octanol–water partition coefficient (Wildman–Crippen LogP) is 2.50. The van der Waals surface area contributed by atoms with E-state index in [1.165, 1.54) is 25.2 Å². The third kappa shape index (κ3) is 3.78. The fourth-order valence-electron chi connectivity index (χ4n) is 4.02. The minimum Gasteiger partial charge on any atom is -0.451 e. The van der Waals surface area contributed by atoms with E-state index in [4.69, 9.17) is 4.74 Å². The van der Waals surface area contributed by atoms with Crippen molar-refractivity contribution in [2.45, 2.75) is 0 Å². The Labute approximate surface area is 197 Å². The summed E-state index contributed by atoms with van der Waals surface area (Å²) in [6, 6.07) is 17.4. The van der Waals surface area contributed by atoms with E-state index in [0.29, 0.717) is 21.9 Å². The van der Waals surface area contributed by atoms with Crippen molar-refractivity contribution in [3.63, 3.8) is 0 Å². The number of aryl methyl sites for hydroxylation is 1. The second-order valence-electron chi connectivity index (χ2n) is 7.91. The number of carbonyl (C=O) groups excluding carboxylic acids is 4. The number of anilines is 1. The number of aromatic nitrogens is 2. The number of ketones is 2. The van der Waals surface area contributed by atoms with Crippen LogP contribution in [0.3, 0.4) is 0 Å². The first-order chi connectivity index (χ1) is 16.8. The molecule has 0 saturated carbocycles. The summed E-state index contributed by atoms with van der Waals surface area (Å²) in [5.74, 6) is -2.10. The van der Waals surface area contributed by atoms with Gasteiger partial charge in [-0.25, -0.2) is 9.48 Å². The molecule has 0 atom stereocenters. The summed E-state index contributed by atoms with van der Waals surface area (Å²) < 4.78 is 6.14. The fourth-order valence-corrected chi connectivity index (χ4v) is 4.02. The number of hydrogen-bond acceptors (Lipinski definition) is 7. The van der Waals surface area contributed by atoms with E-state index in [0.717, 1.165) is 4.68 Å². The van der Waals surface area contributed by atoms with Crippen LogP contribution in [0, 0.1) is 0 Å². The van der Waals surface area contributed by atoms with E-state index in [1.54, 1.807) is 48.5 Å². The number of nitrogens with one attached hydrogen (secondary N) is 1. The van der Waals surface area contributed by atoms with Crippen molar-refractivity contribution < 1.29 is 23.9 Å². The maximum absolute atomic E-state index is 12.9. The Morgan fingerprint density at radius 3 is 2.14 bits per heavy atom. The summed E-state index contributed by atoms with van der Waals surface area (Å²) in [7, 11) is 1.42. The molecule has 0 saturated heterocycles. The third-order valence-corrected chi connectivity index (χ3v) is 5.69. The molecule has 172 valence electrons. The lowest BCUT2D eigenvalue weighted by Gasteiger charge is -2.18. The van der Waals surface area contributed by atoms with Gasteiger partial charge in [0.05, 0.1) is 5.39 Å². The molecule has 4 aromatic rings. The number of benzene rings is 3. The van der Waals surface area contributed by atoms with E-state index < -0.39 is 18.5 Å². The zero-order chi connectivity index (χ0) is 24.7. The monoisotopic (exact) mass is 467 g/mol. The quantitative estimate of drug-likeness (QED) is 0.403. The highest BCUT2D eigenvalue weighted by atomic mass is 16.5. The molecule has 0 spiro atoms. The maximum Gasteiger partial charge on any atom is 0.359 e. The topological polar surface area (TPSA) is 124 Å². The number of hydrogen-bond donors (Lipinski definition) is 1. The Morgan fingerprint density at radius 2 is 1.43 bits per heavy atom. The molecule has 1 N–H and O–H groups in total. The van der Waals surface area contributed by atoms with Crippen molar-refractivity contribution in [3.05, 3.63) is 105 Å². The van der Waals surface area contributed by atoms with Gasteiger partial charge in [0.2, 0.25) is 0 Å².